The van der Waals surface area contributed by atoms with Gasteiger partial charge in [-0.15, -0.1) is 0 Å². The summed E-state index contributed by atoms with van der Waals surface area (Å²) in [6.07, 6.45) is 0. The molecule has 0 aromatic heterocycles. The van der Waals surface area contributed by atoms with Crippen LogP contribution in [0, 0.1) is 6.92 Å². The van der Waals surface area contributed by atoms with Crippen molar-refractivity contribution < 1.29 is 14.4 Å². The van der Waals surface area contributed by atoms with E-state index in [0.717, 1.165) is 4.90 Å². The zero-order chi connectivity index (χ0) is 24.6. The number of anilines is 3. The smallest absolute Gasteiger partial charge is 0.283 e. The van der Waals surface area contributed by atoms with Gasteiger partial charge in [0.25, 0.3) is 17.7 Å². The molecule has 1 heterocycles. The lowest BCUT2D eigenvalue weighted by atomic mass is 10.1. The summed E-state index contributed by atoms with van der Waals surface area (Å²) in [6, 6.07) is 16.0. The van der Waals surface area contributed by atoms with E-state index in [9.17, 15) is 14.4 Å². The molecule has 3 aromatic rings. The second-order valence-electron chi connectivity index (χ2n) is 7.35. The van der Waals surface area contributed by atoms with Crippen LogP contribution in [0.25, 0.3) is 0 Å². The highest BCUT2D eigenvalue weighted by atomic mass is 35.5. The fourth-order valence-corrected chi connectivity index (χ4v) is 3.99. The molecule has 0 fully saturated rings. The number of nitrogens with one attached hydrogen (secondary N) is 2. The van der Waals surface area contributed by atoms with Crippen LogP contribution in [0.4, 0.5) is 17.1 Å². The highest BCUT2D eigenvalue weighted by Gasteiger charge is 2.39. The lowest BCUT2D eigenvalue weighted by molar-refractivity contribution is -0.120. The van der Waals surface area contributed by atoms with Crippen LogP contribution in [0.3, 0.4) is 0 Å². The predicted molar refractivity (Wildman–Crippen MR) is 136 cm³/mol. The number of nitrogens with zero attached hydrogens (tertiary/aromatic N) is 1. The van der Waals surface area contributed by atoms with Gasteiger partial charge in [-0.3, -0.25) is 14.4 Å². The number of rotatable bonds is 5. The third-order valence-corrected chi connectivity index (χ3v) is 6.34. The first kappa shape index (κ1) is 24.1. The molecule has 0 spiro atoms. The Hall–Kier alpha value is -3.03. The summed E-state index contributed by atoms with van der Waals surface area (Å²) in [5.74, 6) is -1.72. The standard InChI is InChI=1S/C24H15Cl4N3O3/c1-12-5-6-14(25)10-19(12)31-23(33)20(28)21(24(31)34)29-15-4-2-3-13(9-15)22(32)30-16-7-8-17(26)18(27)11-16/h2-11,29H,1H3,(H,30,32). The van der Waals surface area contributed by atoms with Gasteiger partial charge >= 0.3 is 0 Å². The molecular formula is C24H15Cl4N3O3. The lowest BCUT2D eigenvalue weighted by Gasteiger charge is -2.18. The van der Waals surface area contributed by atoms with Crippen molar-refractivity contribution in [3.05, 3.63) is 97.6 Å². The van der Waals surface area contributed by atoms with E-state index in [2.05, 4.69) is 10.6 Å². The van der Waals surface area contributed by atoms with Crippen molar-refractivity contribution in [3.63, 3.8) is 0 Å². The first-order valence-electron chi connectivity index (χ1n) is 9.84. The van der Waals surface area contributed by atoms with Gasteiger partial charge in [0.1, 0.15) is 10.7 Å². The predicted octanol–water partition coefficient (Wildman–Crippen LogP) is 6.64. The monoisotopic (exact) mass is 533 g/mol. The maximum absolute atomic E-state index is 13.1. The van der Waals surface area contributed by atoms with Gasteiger partial charge in [0.15, 0.2) is 0 Å². The van der Waals surface area contributed by atoms with Crippen LogP contribution in [0.5, 0.6) is 0 Å². The van der Waals surface area contributed by atoms with Crippen molar-refractivity contribution in [2.24, 2.45) is 0 Å². The molecule has 1 aliphatic heterocycles. The largest absolute Gasteiger partial charge is 0.350 e. The second-order valence-corrected chi connectivity index (χ2v) is 8.98. The molecule has 0 saturated carbocycles. The van der Waals surface area contributed by atoms with Gasteiger partial charge in [-0.1, -0.05) is 58.5 Å². The summed E-state index contributed by atoms with van der Waals surface area (Å²) in [5, 5.41) is 6.37. The summed E-state index contributed by atoms with van der Waals surface area (Å²) in [4.78, 5) is 39.5. The Morgan fingerprint density at radius 3 is 2.32 bits per heavy atom. The molecule has 3 aromatic carbocycles. The van der Waals surface area contributed by atoms with Crippen LogP contribution in [0.15, 0.2) is 71.4 Å². The van der Waals surface area contributed by atoms with Crippen molar-refractivity contribution >= 4 is 81.2 Å². The van der Waals surface area contributed by atoms with Crippen LogP contribution in [-0.2, 0) is 9.59 Å². The molecule has 10 heteroatoms. The summed E-state index contributed by atoms with van der Waals surface area (Å²) < 4.78 is 0. The first-order chi connectivity index (χ1) is 16.2. The highest BCUT2D eigenvalue weighted by molar-refractivity contribution is 6.53. The van der Waals surface area contributed by atoms with Crippen LogP contribution >= 0.6 is 46.4 Å². The Bertz CT molecular complexity index is 1390. The van der Waals surface area contributed by atoms with Gasteiger partial charge in [0.05, 0.1) is 15.7 Å². The van der Waals surface area contributed by atoms with Crippen LogP contribution < -0.4 is 15.5 Å². The summed E-state index contributed by atoms with van der Waals surface area (Å²) in [6.45, 7) is 1.75. The summed E-state index contributed by atoms with van der Waals surface area (Å²) >= 11 is 24.2. The number of carbonyl (C=O) groups is 3. The van der Waals surface area contributed by atoms with Crippen molar-refractivity contribution in [3.8, 4) is 0 Å². The number of hydrogen-bond donors (Lipinski definition) is 2. The summed E-state index contributed by atoms with van der Waals surface area (Å²) in [5.41, 5.74) is 2.07. The SMILES string of the molecule is Cc1ccc(Cl)cc1N1C(=O)C(Cl)=C(Nc2cccc(C(=O)Nc3ccc(Cl)c(Cl)c3)c2)C1=O. The maximum Gasteiger partial charge on any atom is 0.283 e. The van der Waals surface area contributed by atoms with Crippen molar-refractivity contribution in [1.82, 2.24) is 0 Å². The maximum atomic E-state index is 13.1. The quantitative estimate of drug-likeness (QED) is 0.359. The van der Waals surface area contributed by atoms with E-state index in [1.54, 1.807) is 49.4 Å². The Labute approximate surface area is 215 Å². The topological polar surface area (TPSA) is 78.5 Å². The molecule has 4 rings (SSSR count). The number of amides is 3. The molecule has 0 bridgehead atoms. The third-order valence-electron chi connectivity index (χ3n) is 5.01. The van der Waals surface area contributed by atoms with Crippen LogP contribution in [0.1, 0.15) is 15.9 Å². The molecule has 1 aliphatic rings. The zero-order valence-corrected chi connectivity index (χ0v) is 20.5. The lowest BCUT2D eigenvalue weighted by Crippen LogP contribution is -2.32. The van der Waals surface area contributed by atoms with E-state index in [1.807, 2.05) is 0 Å². The van der Waals surface area contributed by atoms with E-state index in [4.69, 9.17) is 46.4 Å². The van der Waals surface area contributed by atoms with Gasteiger partial charge in [0.2, 0.25) is 0 Å². The highest BCUT2D eigenvalue weighted by Crippen LogP contribution is 2.33. The molecule has 172 valence electrons. The van der Waals surface area contributed by atoms with Gasteiger partial charge < -0.3 is 10.6 Å². The first-order valence-corrected chi connectivity index (χ1v) is 11.3. The van der Waals surface area contributed by atoms with Gasteiger partial charge in [-0.25, -0.2) is 4.90 Å². The van der Waals surface area contributed by atoms with Gasteiger partial charge in [-0.05, 0) is 61.0 Å². The Balaban J connectivity index is 1.56. The van der Waals surface area contributed by atoms with E-state index < -0.39 is 17.7 Å². The van der Waals surface area contributed by atoms with Crippen LogP contribution in [-0.4, -0.2) is 17.7 Å². The molecule has 0 saturated heterocycles. The van der Waals surface area contributed by atoms with E-state index in [-0.39, 0.29) is 10.7 Å². The fourth-order valence-electron chi connectivity index (χ4n) is 3.31. The molecule has 0 radical (unpaired) electrons. The number of carbonyl (C=O) groups excluding carboxylic acids is 3. The van der Waals surface area contributed by atoms with E-state index >= 15 is 0 Å². The van der Waals surface area contributed by atoms with Crippen molar-refractivity contribution in [1.29, 1.82) is 0 Å². The average Bonchev–Trinajstić information content (AvgIpc) is 3.01. The van der Waals surface area contributed by atoms with Crippen molar-refractivity contribution in [2.45, 2.75) is 6.92 Å². The van der Waals surface area contributed by atoms with Gasteiger partial charge in [-0.2, -0.15) is 0 Å². The molecule has 2 N–H and O–H groups in total. The Morgan fingerprint density at radius 1 is 0.824 bits per heavy atom. The van der Waals surface area contributed by atoms with E-state index in [0.29, 0.717) is 43.3 Å². The Morgan fingerprint density at radius 2 is 1.59 bits per heavy atom. The molecule has 34 heavy (non-hydrogen) atoms. The molecule has 0 unspecified atom stereocenters. The fraction of sp³-hybridized carbons (Fsp3) is 0.0417. The molecule has 3 amide bonds. The third kappa shape index (κ3) is 4.76. The molecule has 0 aliphatic carbocycles. The zero-order valence-electron chi connectivity index (χ0n) is 17.5. The number of halogens is 4. The Kier molecular flexibility index (Phi) is 6.86. The average molecular weight is 535 g/mol. The summed E-state index contributed by atoms with van der Waals surface area (Å²) in [7, 11) is 0. The molecular weight excluding hydrogens is 520 g/mol. The number of aryl methyl sites for hydroxylation is 1. The molecule has 6 nitrogen and oxygen atoms in total. The number of imide groups is 1. The second kappa shape index (κ2) is 9.68. The van der Waals surface area contributed by atoms with Crippen LogP contribution in [0.2, 0.25) is 15.1 Å². The number of benzene rings is 3. The molecule has 0 atom stereocenters. The van der Waals surface area contributed by atoms with Crippen molar-refractivity contribution in [2.75, 3.05) is 15.5 Å². The number of hydrogen-bond acceptors (Lipinski definition) is 4. The van der Waals surface area contributed by atoms with Gasteiger partial charge in [0, 0.05) is 22.0 Å². The van der Waals surface area contributed by atoms with E-state index in [1.165, 1.54) is 18.2 Å². The minimum Gasteiger partial charge on any atom is -0.350 e. The minimum absolute atomic E-state index is 0.104. The minimum atomic E-state index is -0.673. The normalized spacial score (nSPS) is 13.5.